The van der Waals surface area contributed by atoms with Gasteiger partial charge in [0.1, 0.15) is 0 Å². The summed E-state index contributed by atoms with van der Waals surface area (Å²) in [5.41, 5.74) is 2.75. The Balaban J connectivity index is 1.62. The van der Waals surface area contributed by atoms with Gasteiger partial charge in [-0.15, -0.1) is 10.2 Å². The topological polar surface area (TPSA) is 66.9 Å². The predicted octanol–water partition coefficient (Wildman–Crippen LogP) is 4.36. The van der Waals surface area contributed by atoms with E-state index in [9.17, 15) is 4.79 Å². The zero-order valence-electron chi connectivity index (χ0n) is 13.7. The molecular formula is C19H17ClN4O. The molecule has 0 aliphatic carbocycles. The molecule has 0 bridgehead atoms. The molecule has 0 saturated heterocycles. The Kier molecular flexibility index (Phi) is 5.26. The maximum absolute atomic E-state index is 12.0. The van der Waals surface area contributed by atoms with Crippen molar-refractivity contribution in [1.82, 2.24) is 10.2 Å². The lowest BCUT2D eigenvalue weighted by atomic mass is 10.1. The molecule has 3 rings (SSSR count). The summed E-state index contributed by atoms with van der Waals surface area (Å²) in [6, 6.07) is 18.6. The van der Waals surface area contributed by atoms with Gasteiger partial charge in [0.2, 0.25) is 5.91 Å². The van der Waals surface area contributed by atoms with Gasteiger partial charge in [-0.3, -0.25) is 4.79 Å². The lowest BCUT2D eigenvalue weighted by Crippen LogP contribution is -2.15. The number of aromatic nitrogens is 2. The van der Waals surface area contributed by atoms with E-state index in [4.69, 9.17) is 11.6 Å². The SMILES string of the molecule is Cc1c(Cl)cccc1Nc1ccc(NC(=O)Cc2ccccc2)nn1. The van der Waals surface area contributed by atoms with E-state index in [2.05, 4.69) is 20.8 Å². The number of amides is 1. The number of nitrogens with zero attached hydrogens (tertiary/aromatic N) is 2. The van der Waals surface area contributed by atoms with Crippen LogP contribution in [-0.4, -0.2) is 16.1 Å². The largest absolute Gasteiger partial charge is 0.338 e. The molecule has 1 heterocycles. The minimum absolute atomic E-state index is 0.133. The molecule has 0 fully saturated rings. The summed E-state index contributed by atoms with van der Waals surface area (Å²) >= 11 is 6.11. The third-order valence-electron chi connectivity index (χ3n) is 3.67. The lowest BCUT2D eigenvalue weighted by molar-refractivity contribution is -0.115. The van der Waals surface area contributed by atoms with Gasteiger partial charge in [-0.1, -0.05) is 48.0 Å². The molecule has 25 heavy (non-hydrogen) atoms. The Morgan fingerprint density at radius 1 is 0.960 bits per heavy atom. The summed E-state index contributed by atoms with van der Waals surface area (Å²) in [4.78, 5) is 12.0. The van der Waals surface area contributed by atoms with Gasteiger partial charge in [0.05, 0.1) is 6.42 Å². The van der Waals surface area contributed by atoms with Crippen LogP contribution in [0.3, 0.4) is 0 Å². The van der Waals surface area contributed by atoms with E-state index >= 15 is 0 Å². The molecular weight excluding hydrogens is 336 g/mol. The number of carbonyl (C=O) groups is 1. The molecule has 0 radical (unpaired) electrons. The molecule has 0 aliphatic rings. The summed E-state index contributed by atoms with van der Waals surface area (Å²) in [5, 5.41) is 14.7. The number of nitrogens with one attached hydrogen (secondary N) is 2. The first kappa shape index (κ1) is 16.9. The molecule has 5 nitrogen and oxygen atoms in total. The van der Waals surface area contributed by atoms with Crippen LogP contribution in [0, 0.1) is 6.92 Å². The number of halogens is 1. The monoisotopic (exact) mass is 352 g/mol. The zero-order valence-corrected chi connectivity index (χ0v) is 14.4. The van der Waals surface area contributed by atoms with Gasteiger partial charge in [0.25, 0.3) is 0 Å². The number of hydrogen-bond donors (Lipinski definition) is 2. The molecule has 3 aromatic rings. The average Bonchev–Trinajstić information content (AvgIpc) is 2.61. The van der Waals surface area contributed by atoms with Crippen LogP contribution in [0.2, 0.25) is 5.02 Å². The highest BCUT2D eigenvalue weighted by molar-refractivity contribution is 6.31. The molecule has 0 spiro atoms. The second-order valence-electron chi connectivity index (χ2n) is 5.55. The van der Waals surface area contributed by atoms with E-state index in [-0.39, 0.29) is 5.91 Å². The first-order chi connectivity index (χ1) is 12.1. The Hall–Kier alpha value is -2.92. The molecule has 0 unspecified atom stereocenters. The Bertz CT molecular complexity index is 866. The zero-order chi connectivity index (χ0) is 17.6. The molecule has 1 aromatic heterocycles. The second-order valence-corrected chi connectivity index (χ2v) is 5.96. The second kappa shape index (κ2) is 7.77. The van der Waals surface area contributed by atoms with Crippen molar-refractivity contribution in [3.05, 3.63) is 76.8 Å². The third kappa shape index (κ3) is 4.55. The Morgan fingerprint density at radius 2 is 1.68 bits per heavy atom. The van der Waals surface area contributed by atoms with Gasteiger partial charge in [0, 0.05) is 10.7 Å². The van der Waals surface area contributed by atoms with Crippen molar-refractivity contribution in [2.24, 2.45) is 0 Å². The van der Waals surface area contributed by atoms with E-state index in [1.165, 1.54) is 0 Å². The normalized spacial score (nSPS) is 10.3. The third-order valence-corrected chi connectivity index (χ3v) is 4.08. The van der Waals surface area contributed by atoms with Crippen molar-refractivity contribution in [3.63, 3.8) is 0 Å². The van der Waals surface area contributed by atoms with Crippen LogP contribution in [0.4, 0.5) is 17.3 Å². The van der Waals surface area contributed by atoms with Crippen LogP contribution < -0.4 is 10.6 Å². The molecule has 0 atom stereocenters. The van der Waals surface area contributed by atoms with Crippen LogP contribution >= 0.6 is 11.6 Å². The number of hydrogen-bond acceptors (Lipinski definition) is 4. The van der Waals surface area contributed by atoms with Crippen LogP contribution in [-0.2, 0) is 11.2 Å². The average molecular weight is 353 g/mol. The van der Waals surface area contributed by atoms with Gasteiger partial charge < -0.3 is 10.6 Å². The number of rotatable bonds is 5. The van der Waals surface area contributed by atoms with E-state index in [0.717, 1.165) is 16.8 Å². The smallest absolute Gasteiger partial charge is 0.229 e. The maximum Gasteiger partial charge on any atom is 0.229 e. The number of carbonyl (C=O) groups excluding carboxylic acids is 1. The quantitative estimate of drug-likeness (QED) is 0.715. The predicted molar refractivity (Wildman–Crippen MR) is 100 cm³/mol. The fourth-order valence-corrected chi connectivity index (χ4v) is 2.49. The fraction of sp³-hybridized carbons (Fsp3) is 0.105. The molecule has 126 valence electrons. The molecule has 0 aliphatic heterocycles. The standard InChI is InChI=1S/C19H17ClN4O/c1-13-15(20)8-5-9-16(13)21-17-10-11-18(24-23-17)22-19(25)12-14-6-3-2-4-7-14/h2-11H,12H2,1H3,(H,21,23)(H,22,24,25). The van der Waals surface area contributed by atoms with Crippen molar-refractivity contribution in [2.45, 2.75) is 13.3 Å². The Morgan fingerprint density at radius 3 is 2.40 bits per heavy atom. The maximum atomic E-state index is 12.0. The van der Waals surface area contributed by atoms with Crippen molar-refractivity contribution in [2.75, 3.05) is 10.6 Å². The molecule has 1 amide bonds. The molecule has 2 aromatic carbocycles. The van der Waals surface area contributed by atoms with Gasteiger partial charge in [-0.2, -0.15) is 0 Å². The van der Waals surface area contributed by atoms with E-state index in [1.807, 2.05) is 55.5 Å². The summed E-state index contributed by atoms with van der Waals surface area (Å²) in [6.07, 6.45) is 0.296. The van der Waals surface area contributed by atoms with Crippen LogP contribution in [0.1, 0.15) is 11.1 Å². The number of benzene rings is 2. The Labute approximate surface area is 151 Å². The van der Waals surface area contributed by atoms with Crippen LogP contribution in [0.15, 0.2) is 60.7 Å². The first-order valence-corrected chi connectivity index (χ1v) is 8.19. The van der Waals surface area contributed by atoms with Crippen LogP contribution in [0.5, 0.6) is 0 Å². The minimum Gasteiger partial charge on any atom is -0.338 e. The fourth-order valence-electron chi connectivity index (χ4n) is 2.31. The summed E-state index contributed by atoms with van der Waals surface area (Å²) < 4.78 is 0. The van der Waals surface area contributed by atoms with Crippen LogP contribution in [0.25, 0.3) is 0 Å². The first-order valence-electron chi connectivity index (χ1n) is 7.81. The number of anilines is 3. The highest BCUT2D eigenvalue weighted by Gasteiger charge is 2.07. The molecule has 6 heteroatoms. The van der Waals surface area contributed by atoms with Gasteiger partial charge >= 0.3 is 0 Å². The molecule has 0 saturated carbocycles. The molecule has 2 N–H and O–H groups in total. The van der Waals surface area contributed by atoms with Gasteiger partial charge in [0.15, 0.2) is 11.6 Å². The minimum atomic E-state index is -0.133. The van der Waals surface area contributed by atoms with E-state index < -0.39 is 0 Å². The van der Waals surface area contributed by atoms with E-state index in [0.29, 0.717) is 23.1 Å². The van der Waals surface area contributed by atoms with Gasteiger partial charge in [-0.25, -0.2) is 0 Å². The summed E-state index contributed by atoms with van der Waals surface area (Å²) in [7, 11) is 0. The van der Waals surface area contributed by atoms with Gasteiger partial charge in [-0.05, 0) is 42.3 Å². The van der Waals surface area contributed by atoms with Crippen molar-refractivity contribution >= 4 is 34.8 Å². The van der Waals surface area contributed by atoms with Crippen molar-refractivity contribution in [1.29, 1.82) is 0 Å². The van der Waals surface area contributed by atoms with Crippen molar-refractivity contribution in [3.8, 4) is 0 Å². The van der Waals surface area contributed by atoms with E-state index in [1.54, 1.807) is 12.1 Å². The lowest BCUT2D eigenvalue weighted by Gasteiger charge is -2.10. The summed E-state index contributed by atoms with van der Waals surface area (Å²) in [5.74, 6) is 0.854. The highest BCUT2D eigenvalue weighted by Crippen LogP contribution is 2.25. The highest BCUT2D eigenvalue weighted by atomic mass is 35.5. The van der Waals surface area contributed by atoms with Crippen molar-refractivity contribution < 1.29 is 4.79 Å². The summed E-state index contributed by atoms with van der Waals surface area (Å²) in [6.45, 7) is 1.93.